The van der Waals surface area contributed by atoms with Crippen LogP contribution in [0, 0.1) is 0 Å². The maximum atomic E-state index is 9.57. The van der Waals surface area contributed by atoms with Crippen molar-refractivity contribution in [2.45, 2.75) is 12.5 Å². The summed E-state index contributed by atoms with van der Waals surface area (Å²) in [4.78, 5) is 5.45. The molecule has 6 heteroatoms. The van der Waals surface area contributed by atoms with Gasteiger partial charge in [-0.15, -0.1) is 11.3 Å². The summed E-state index contributed by atoms with van der Waals surface area (Å²) in [6, 6.07) is 14.1. The molecule has 0 fully saturated rings. The molecular weight excluding hydrogens is 362 g/mol. The summed E-state index contributed by atoms with van der Waals surface area (Å²) in [5.74, 6) is 0.787. The molecule has 0 spiro atoms. The average Bonchev–Trinajstić information content (AvgIpc) is 2.97. The quantitative estimate of drug-likeness (QED) is 0.532. The van der Waals surface area contributed by atoms with Crippen molar-refractivity contribution >= 4 is 33.2 Å². The van der Waals surface area contributed by atoms with E-state index in [1.165, 1.54) is 4.88 Å². The van der Waals surface area contributed by atoms with Gasteiger partial charge in [-0.25, -0.2) is 0 Å². The van der Waals surface area contributed by atoms with E-state index in [2.05, 4.69) is 37.6 Å². The molecule has 1 aromatic heterocycles. The Morgan fingerprint density at radius 3 is 2.59 bits per heavy atom. The Morgan fingerprint density at radius 2 is 2.00 bits per heavy atom. The molecule has 1 atom stereocenters. The van der Waals surface area contributed by atoms with Crippen LogP contribution in [-0.4, -0.2) is 31.3 Å². The molecule has 0 saturated carbocycles. The Kier molecular flexibility index (Phi) is 6.89. The highest BCUT2D eigenvalue weighted by Gasteiger charge is 2.10. The Labute approximate surface area is 143 Å². The standard InChI is InChI=1S/C16H20BrN3OS/c1-18-16(20-10-14-7-8-15(17)22-14)19-9-13(11-21)12-5-3-2-4-6-12/h2-8,13,21H,9-11H2,1H3,(H2,18,19,20). The van der Waals surface area contributed by atoms with Crippen LogP contribution in [0.2, 0.25) is 0 Å². The maximum absolute atomic E-state index is 9.57. The number of hydrogen-bond acceptors (Lipinski definition) is 3. The van der Waals surface area contributed by atoms with Crippen LogP contribution in [0.4, 0.5) is 0 Å². The van der Waals surface area contributed by atoms with Crippen molar-refractivity contribution in [3.63, 3.8) is 0 Å². The fourth-order valence-electron chi connectivity index (χ4n) is 2.07. The first-order valence-electron chi connectivity index (χ1n) is 7.07. The number of aliphatic hydroxyl groups is 1. The number of halogens is 1. The molecule has 2 aromatic rings. The first-order chi connectivity index (χ1) is 10.7. The van der Waals surface area contributed by atoms with Crippen LogP contribution in [0.25, 0.3) is 0 Å². The van der Waals surface area contributed by atoms with E-state index in [1.54, 1.807) is 18.4 Å². The number of aliphatic imine (C=N–C) groups is 1. The highest BCUT2D eigenvalue weighted by molar-refractivity contribution is 9.11. The number of aliphatic hydroxyl groups excluding tert-OH is 1. The molecule has 2 rings (SSSR count). The van der Waals surface area contributed by atoms with Gasteiger partial charge in [-0.05, 0) is 33.6 Å². The largest absolute Gasteiger partial charge is 0.396 e. The van der Waals surface area contributed by atoms with Crippen LogP contribution < -0.4 is 10.6 Å². The van der Waals surface area contributed by atoms with Crippen LogP contribution in [0.15, 0.2) is 51.2 Å². The zero-order chi connectivity index (χ0) is 15.8. The van der Waals surface area contributed by atoms with Crippen molar-refractivity contribution in [1.82, 2.24) is 10.6 Å². The van der Waals surface area contributed by atoms with Gasteiger partial charge in [0.05, 0.1) is 16.9 Å². The monoisotopic (exact) mass is 381 g/mol. The highest BCUT2D eigenvalue weighted by Crippen LogP contribution is 2.21. The van der Waals surface area contributed by atoms with E-state index in [4.69, 9.17) is 0 Å². The van der Waals surface area contributed by atoms with E-state index < -0.39 is 0 Å². The van der Waals surface area contributed by atoms with Gasteiger partial charge in [-0.3, -0.25) is 4.99 Å². The van der Waals surface area contributed by atoms with Gasteiger partial charge in [0.1, 0.15) is 0 Å². The van der Waals surface area contributed by atoms with Gasteiger partial charge in [-0.1, -0.05) is 30.3 Å². The third kappa shape index (κ3) is 5.12. The molecule has 0 aliphatic heterocycles. The van der Waals surface area contributed by atoms with Gasteiger partial charge in [0.2, 0.25) is 0 Å². The first-order valence-corrected chi connectivity index (χ1v) is 8.68. The number of benzene rings is 1. The molecule has 0 radical (unpaired) electrons. The van der Waals surface area contributed by atoms with Crippen LogP contribution in [0.1, 0.15) is 16.4 Å². The van der Waals surface area contributed by atoms with Gasteiger partial charge in [0, 0.05) is 24.4 Å². The zero-order valence-electron chi connectivity index (χ0n) is 12.4. The normalized spacial score (nSPS) is 13.0. The lowest BCUT2D eigenvalue weighted by molar-refractivity contribution is 0.265. The second kappa shape index (κ2) is 8.92. The van der Waals surface area contributed by atoms with E-state index in [0.717, 1.165) is 21.9 Å². The van der Waals surface area contributed by atoms with Gasteiger partial charge >= 0.3 is 0 Å². The van der Waals surface area contributed by atoms with E-state index in [-0.39, 0.29) is 12.5 Å². The van der Waals surface area contributed by atoms with Crippen LogP contribution in [-0.2, 0) is 6.54 Å². The number of nitrogens with zero attached hydrogens (tertiary/aromatic N) is 1. The minimum Gasteiger partial charge on any atom is -0.396 e. The Hall–Kier alpha value is -1.37. The molecule has 4 nitrogen and oxygen atoms in total. The maximum Gasteiger partial charge on any atom is 0.191 e. The molecule has 1 heterocycles. The van der Waals surface area contributed by atoms with Gasteiger partial charge in [0.15, 0.2) is 5.96 Å². The summed E-state index contributed by atoms with van der Waals surface area (Å²) < 4.78 is 1.12. The van der Waals surface area contributed by atoms with Gasteiger partial charge in [-0.2, -0.15) is 0 Å². The Bertz CT molecular complexity index is 600. The van der Waals surface area contributed by atoms with Gasteiger partial charge in [0.25, 0.3) is 0 Å². The van der Waals surface area contributed by atoms with Crippen molar-refractivity contribution in [2.24, 2.45) is 4.99 Å². The zero-order valence-corrected chi connectivity index (χ0v) is 14.8. The number of guanidine groups is 1. The highest BCUT2D eigenvalue weighted by atomic mass is 79.9. The summed E-state index contributed by atoms with van der Waals surface area (Å²) in [5, 5.41) is 16.1. The van der Waals surface area contributed by atoms with E-state index in [1.807, 2.05) is 36.4 Å². The Morgan fingerprint density at radius 1 is 1.23 bits per heavy atom. The minimum atomic E-state index is 0.0515. The minimum absolute atomic E-state index is 0.0515. The molecular formula is C16H20BrN3OS. The Balaban J connectivity index is 1.85. The van der Waals surface area contributed by atoms with E-state index >= 15 is 0 Å². The topological polar surface area (TPSA) is 56.7 Å². The molecule has 0 aliphatic carbocycles. The second-order valence-electron chi connectivity index (χ2n) is 4.80. The van der Waals surface area contributed by atoms with Gasteiger partial charge < -0.3 is 15.7 Å². The summed E-state index contributed by atoms with van der Waals surface area (Å²) in [6.07, 6.45) is 0. The summed E-state index contributed by atoms with van der Waals surface area (Å²) in [6.45, 7) is 1.46. The summed E-state index contributed by atoms with van der Waals surface area (Å²) >= 11 is 5.16. The fraction of sp³-hybridized carbons (Fsp3) is 0.312. The predicted molar refractivity (Wildman–Crippen MR) is 96.5 cm³/mol. The lowest BCUT2D eigenvalue weighted by atomic mass is 10.0. The number of nitrogens with one attached hydrogen (secondary N) is 2. The van der Waals surface area contributed by atoms with Crippen molar-refractivity contribution in [1.29, 1.82) is 0 Å². The van der Waals surface area contributed by atoms with E-state index in [9.17, 15) is 5.11 Å². The third-order valence-corrected chi connectivity index (χ3v) is 4.91. The van der Waals surface area contributed by atoms with Crippen LogP contribution in [0.3, 0.4) is 0 Å². The van der Waals surface area contributed by atoms with Crippen LogP contribution in [0.5, 0.6) is 0 Å². The SMILES string of the molecule is CN=C(NCc1ccc(Br)s1)NCC(CO)c1ccccc1. The molecule has 0 amide bonds. The lowest BCUT2D eigenvalue weighted by Gasteiger charge is -2.17. The van der Waals surface area contributed by atoms with Crippen molar-refractivity contribution in [2.75, 3.05) is 20.2 Å². The summed E-state index contributed by atoms with van der Waals surface area (Å²) in [7, 11) is 1.75. The summed E-state index contributed by atoms with van der Waals surface area (Å²) in [5.41, 5.74) is 1.12. The molecule has 1 unspecified atom stereocenters. The molecule has 0 aliphatic rings. The predicted octanol–water partition coefficient (Wildman–Crippen LogP) is 2.95. The second-order valence-corrected chi connectivity index (χ2v) is 7.35. The number of thiophene rings is 1. The molecule has 0 bridgehead atoms. The average molecular weight is 382 g/mol. The number of rotatable bonds is 6. The van der Waals surface area contributed by atoms with Crippen molar-refractivity contribution in [3.05, 3.63) is 56.7 Å². The lowest BCUT2D eigenvalue weighted by Crippen LogP contribution is -2.39. The first kappa shape index (κ1) is 17.0. The third-order valence-electron chi connectivity index (χ3n) is 3.29. The smallest absolute Gasteiger partial charge is 0.191 e. The number of hydrogen-bond donors (Lipinski definition) is 3. The molecule has 22 heavy (non-hydrogen) atoms. The molecule has 3 N–H and O–H groups in total. The van der Waals surface area contributed by atoms with Crippen LogP contribution >= 0.6 is 27.3 Å². The molecule has 118 valence electrons. The van der Waals surface area contributed by atoms with E-state index in [0.29, 0.717) is 6.54 Å². The van der Waals surface area contributed by atoms with Crippen molar-refractivity contribution < 1.29 is 5.11 Å². The van der Waals surface area contributed by atoms with Crippen molar-refractivity contribution in [3.8, 4) is 0 Å². The molecule has 0 saturated heterocycles. The molecule has 1 aromatic carbocycles. The fourth-order valence-corrected chi connectivity index (χ4v) is 3.49.